The predicted molar refractivity (Wildman–Crippen MR) is 108 cm³/mol. The number of aliphatic hydroxyl groups is 1. The Morgan fingerprint density at radius 3 is 2.18 bits per heavy atom. The molecular weight excluding hydrogens is 356 g/mol. The van der Waals surface area contributed by atoms with Gasteiger partial charge in [-0.1, -0.05) is 67.6 Å². The quantitative estimate of drug-likeness (QED) is 0.660. The first-order valence-electron chi connectivity index (χ1n) is 9.54. The first-order valence-corrected chi connectivity index (χ1v) is 9.54. The number of carbonyl (C=O) groups excluding carboxylic acids is 2. The summed E-state index contributed by atoms with van der Waals surface area (Å²) in [6, 6.07) is 18.1. The van der Waals surface area contributed by atoms with Crippen molar-refractivity contribution >= 4 is 12.0 Å². The second-order valence-electron chi connectivity index (χ2n) is 6.50. The SMILES string of the molecule is CCCN(CCO)C(=O)[C@@H](Cc1ccccc1)NC(=O)OCc1ccccc1. The van der Waals surface area contributed by atoms with Crippen LogP contribution in [0.1, 0.15) is 24.5 Å². The Balaban J connectivity index is 2.05. The van der Waals surface area contributed by atoms with Gasteiger partial charge in [0.2, 0.25) is 5.91 Å². The molecule has 0 radical (unpaired) electrons. The van der Waals surface area contributed by atoms with Crippen LogP contribution in [0.2, 0.25) is 0 Å². The van der Waals surface area contributed by atoms with E-state index in [1.54, 1.807) is 4.90 Å². The van der Waals surface area contributed by atoms with Gasteiger partial charge in [0.15, 0.2) is 0 Å². The van der Waals surface area contributed by atoms with Crippen LogP contribution < -0.4 is 5.32 Å². The topological polar surface area (TPSA) is 78.9 Å². The molecule has 0 heterocycles. The van der Waals surface area contributed by atoms with E-state index in [0.717, 1.165) is 17.5 Å². The van der Waals surface area contributed by atoms with Crippen LogP contribution in [0.25, 0.3) is 0 Å². The summed E-state index contributed by atoms with van der Waals surface area (Å²) < 4.78 is 5.28. The monoisotopic (exact) mass is 384 g/mol. The fourth-order valence-corrected chi connectivity index (χ4v) is 2.90. The lowest BCUT2D eigenvalue weighted by atomic mass is 10.0. The minimum Gasteiger partial charge on any atom is -0.445 e. The van der Waals surface area contributed by atoms with E-state index in [1.807, 2.05) is 67.6 Å². The van der Waals surface area contributed by atoms with Crippen molar-refractivity contribution < 1.29 is 19.4 Å². The average Bonchev–Trinajstić information content (AvgIpc) is 2.72. The van der Waals surface area contributed by atoms with Gasteiger partial charge in [0.05, 0.1) is 6.61 Å². The number of carbonyl (C=O) groups is 2. The molecular formula is C22H28N2O4. The zero-order valence-electron chi connectivity index (χ0n) is 16.2. The molecule has 2 N–H and O–H groups in total. The third-order valence-electron chi connectivity index (χ3n) is 4.26. The molecule has 150 valence electrons. The number of aliphatic hydroxyl groups excluding tert-OH is 1. The van der Waals surface area contributed by atoms with Crippen molar-refractivity contribution in [1.29, 1.82) is 0 Å². The average molecular weight is 384 g/mol. The number of nitrogens with one attached hydrogen (secondary N) is 1. The van der Waals surface area contributed by atoms with Gasteiger partial charge in [-0.15, -0.1) is 0 Å². The lowest BCUT2D eigenvalue weighted by molar-refractivity contribution is -0.133. The van der Waals surface area contributed by atoms with E-state index in [4.69, 9.17) is 4.74 Å². The van der Waals surface area contributed by atoms with Gasteiger partial charge in [0, 0.05) is 19.5 Å². The Morgan fingerprint density at radius 1 is 1.00 bits per heavy atom. The molecule has 28 heavy (non-hydrogen) atoms. The number of alkyl carbamates (subject to hydrolysis) is 1. The standard InChI is InChI=1S/C22H28N2O4/c1-2-13-24(14-15-25)21(26)20(16-18-9-5-3-6-10-18)23-22(27)28-17-19-11-7-4-8-12-19/h3-12,20,25H,2,13-17H2,1H3,(H,23,27)/t20-/m1/s1. The first-order chi connectivity index (χ1) is 13.6. The molecule has 0 saturated heterocycles. The molecule has 6 nitrogen and oxygen atoms in total. The number of amides is 2. The largest absolute Gasteiger partial charge is 0.445 e. The summed E-state index contributed by atoms with van der Waals surface area (Å²) in [5, 5.41) is 12.0. The van der Waals surface area contributed by atoms with E-state index in [1.165, 1.54) is 0 Å². The lowest BCUT2D eigenvalue weighted by Gasteiger charge is -2.27. The van der Waals surface area contributed by atoms with Gasteiger partial charge in [-0.05, 0) is 17.5 Å². The molecule has 2 aromatic rings. The van der Waals surface area contributed by atoms with Crippen LogP contribution in [0.3, 0.4) is 0 Å². The van der Waals surface area contributed by atoms with Crippen molar-refractivity contribution in [2.24, 2.45) is 0 Å². The van der Waals surface area contributed by atoms with Crippen LogP contribution in [0.15, 0.2) is 60.7 Å². The molecule has 0 aliphatic heterocycles. The van der Waals surface area contributed by atoms with Crippen molar-refractivity contribution in [3.8, 4) is 0 Å². The highest BCUT2D eigenvalue weighted by atomic mass is 16.5. The van der Waals surface area contributed by atoms with Crippen molar-refractivity contribution in [3.05, 3.63) is 71.8 Å². The van der Waals surface area contributed by atoms with Crippen LogP contribution in [-0.2, 0) is 22.6 Å². The second kappa shape index (κ2) is 11.8. The number of rotatable bonds is 10. The van der Waals surface area contributed by atoms with Gasteiger partial charge >= 0.3 is 6.09 Å². The summed E-state index contributed by atoms with van der Waals surface area (Å²) in [6.45, 7) is 2.73. The fraction of sp³-hybridized carbons (Fsp3) is 0.364. The summed E-state index contributed by atoms with van der Waals surface area (Å²) in [6.07, 6.45) is 0.479. The zero-order valence-corrected chi connectivity index (χ0v) is 16.2. The van der Waals surface area contributed by atoms with E-state index < -0.39 is 12.1 Å². The Hall–Kier alpha value is -2.86. The normalized spacial score (nSPS) is 11.5. The molecule has 0 saturated carbocycles. The Kier molecular flexibility index (Phi) is 9.01. The van der Waals surface area contributed by atoms with E-state index >= 15 is 0 Å². The molecule has 6 heteroatoms. The van der Waals surface area contributed by atoms with Crippen LogP contribution >= 0.6 is 0 Å². The minimum absolute atomic E-state index is 0.123. The maximum Gasteiger partial charge on any atom is 0.408 e. The van der Waals surface area contributed by atoms with Crippen molar-refractivity contribution in [2.75, 3.05) is 19.7 Å². The number of nitrogens with zero attached hydrogens (tertiary/aromatic N) is 1. The number of hydrogen-bond acceptors (Lipinski definition) is 4. The van der Waals surface area contributed by atoms with Gasteiger partial charge in [0.1, 0.15) is 12.6 Å². The van der Waals surface area contributed by atoms with Crippen LogP contribution in [0, 0.1) is 0 Å². The third kappa shape index (κ3) is 7.04. The lowest BCUT2D eigenvalue weighted by Crippen LogP contribution is -2.50. The minimum atomic E-state index is -0.760. The molecule has 1 atom stereocenters. The van der Waals surface area contributed by atoms with Gasteiger partial charge < -0.3 is 20.1 Å². The molecule has 0 spiro atoms. The Bertz CT molecular complexity index is 716. The van der Waals surface area contributed by atoms with E-state index in [9.17, 15) is 14.7 Å². The second-order valence-corrected chi connectivity index (χ2v) is 6.50. The molecule has 0 unspecified atom stereocenters. The van der Waals surface area contributed by atoms with Crippen LogP contribution in [0.4, 0.5) is 4.79 Å². The summed E-state index contributed by atoms with van der Waals surface area (Å²) in [7, 11) is 0. The van der Waals surface area contributed by atoms with Gasteiger partial charge in [-0.3, -0.25) is 4.79 Å². The number of ether oxygens (including phenoxy) is 1. The van der Waals surface area contributed by atoms with E-state index in [-0.39, 0.29) is 25.7 Å². The highest BCUT2D eigenvalue weighted by Gasteiger charge is 2.26. The van der Waals surface area contributed by atoms with Gasteiger partial charge in [0.25, 0.3) is 0 Å². The summed E-state index contributed by atoms with van der Waals surface area (Å²) in [4.78, 5) is 26.9. The van der Waals surface area contributed by atoms with Crippen molar-refractivity contribution in [1.82, 2.24) is 10.2 Å². The summed E-state index contributed by atoms with van der Waals surface area (Å²) >= 11 is 0. The van der Waals surface area contributed by atoms with Gasteiger partial charge in [-0.25, -0.2) is 4.79 Å². The molecule has 2 amide bonds. The van der Waals surface area contributed by atoms with E-state index in [0.29, 0.717) is 13.0 Å². The predicted octanol–water partition coefficient (Wildman–Crippen LogP) is 2.76. The summed E-state index contributed by atoms with van der Waals surface area (Å²) in [5.41, 5.74) is 1.81. The fourth-order valence-electron chi connectivity index (χ4n) is 2.90. The first kappa shape index (κ1) is 21.4. The Morgan fingerprint density at radius 2 is 1.61 bits per heavy atom. The summed E-state index contributed by atoms with van der Waals surface area (Å²) in [5.74, 6) is -0.226. The third-order valence-corrected chi connectivity index (χ3v) is 4.26. The smallest absolute Gasteiger partial charge is 0.408 e. The molecule has 2 aromatic carbocycles. The number of benzene rings is 2. The Labute approximate surface area is 166 Å². The maximum absolute atomic E-state index is 13.0. The molecule has 0 fully saturated rings. The molecule has 0 aliphatic rings. The molecule has 2 rings (SSSR count). The van der Waals surface area contributed by atoms with Crippen LogP contribution in [0.5, 0.6) is 0 Å². The zero-order chi connectivity index (χ0) is 20.2. The maximum atomic E-state index is 13.0. The van der Waals surface area contributed by atoms with Crippen LogP contribution in [-0.4, -0.2) is 47.7 Å². The molecule has 0 bridgehead atoms. The number of hydrogen-bond donors (Lipinski definition) is 2. The van der Waals surface area contributed by atoms with Crippen molar-refractivity contribution in [2.45, 2.75) is 32.4 Å². The highest BCUT2D eigenvalue weighted by Crippen LogP contribution is 2.08. The molecule has 0 aromatic heterocycles. The molecule has 0 aliphatic carbocycles. The van der Waals surface area contributed by atoms with Gasteiger partial charge in [-0.2, -0.15) is 0 Å². The van der Waals surface area contributed by atoms with Crippen molar-refractivity contribution in [3.63, 3.8) is 0 Å². The van der Waals surface area contributed by atoms with E-state index in [2.05, 4.69) is 5.32 Å². The highest BCUT2D eigenvalue weighted by molar-refractivity contribution is 5.86.